The smallest absolute Gasteiger partial charge is 0.326 e. The normalized spacial score (nSPS) is 11.3. The lowest BCUT2D eigenvalue weighted by Crippen LogP contribution is -2.40. The van der Waals surface area contributed by atoms with Gasteiger partial charge in [0.25, 0.3) is 5.91 Å². The zero-order valence-corrected chi connectivity index (χ0v) is 11.3. The number of nitrogens with one attached hydrogen (secondary N) is 1. The minimum absolute atomic E-state index is 0.219. The molecule has 1 atom stereocenters. The van der Waals surface area contributed by atoms with Gasteiger partial charge in [-0.05, 0) is 42.1 Å². The van der Waals surface area contributed by atoms with Crippen LogP contribution in [-0.4, -0.2) is 23.0 Å². The summed E-state index contributed by atoms with van der Waals surface area (Å²) in [6.07, 6.45) is 0.315. The molecule has 1 aromatic carbocycles. The van der Waals surface area contributed by atoms with Gasteiger partial charge in [-0.1, -0.05) is 18.1 Å². The molecule has 1 amide bonds. The Bertz CT molecular complexity index is 565. The standard InChI is InChI=1S/C13H16N4O3/c1-3-11(13(19)20)16-12(18)9-4-5-10(7-15-17-14)8(2)6-9/h4-6,11H,3,7H2,1-2H3,(H,16,18)(H,19,20)/t11-/m0/s1. The van der Waals surface area contributed by atoms with Crippen molar-refractivity contribution in [2.45, 2.75) is 32.9 Å². The van der Waals surface area contributed by atoms with Gasteiger partial charge in [0.2, 0.25) is 0 Å². The maximum atomic E-state index is 11.9. The van der Waals surface area contributed by atoms with Crippen LogP contribution >= 0.6 is 0 Å². The van der Waals surface area contributed by atoms with Gasteiger partial charge in [0, 0.05) is 10.5 Å². The van der Waals surface area contributed by atoms with E-state index in [0.29, 0.717) is 12.0 Å². The molecule has 20 heavy (non-hydrogen) atoms. The van der Waals surface area contributed by atoms with E-state index in [2.05, 4.69) is 15.3 Å². The second-order valence-corrected chi connectivity index (χ2v) is 4.30. The Morgan fingerprint density at radius 1 is 1.50 bits per heavy atom. The highest BCUT2D eigenvalue weighted by Gasteiger charge is 2.18. The van der Waals surface area contributed by atoms with Crippen molar-refractivity contribution >= 4 is 11.9 Å². The first-order valence-electron chi connectivity index (χ1n) is 6.13. The molecule has 0 aliphatic rings. The second kappa shape index (κ2) is 7.16. The monoisotopic (exact) mass is 276 g/mol. The molecule has 0 fully saturated rings. The molecule has 0 unspecified atom stereocenters. The summed E-state index contributed by atoms with van der Waals surface area (Å²) in [5.41, 5.74) is 10.3. The molecule has 106 valence electrons. The molecule has 0 saturated heterocycles. The van der Waals surface area contributed by atoms with Crippen LogP contribution in [0, 0.1) is 6.92 Å². The summed E-state index contributed by atoms with van der Waals surface area (Å²) < 4.78 is 0. The first-order chi connectivity index (χ1) is 9.49. The van der Waals surface area contributed by atoms with E-state index in [1.165, 1.54) is 0 Å². The van der Waals surface area contributed by atoms with Gasteiger partial charge in [-0.15, -0.1) is 0 Å². The van der Waals surface area contributed by atoms with Gasteiger partial charge in [-0.3, -0.25) is 4.79 Å². The highest BCUT2D eigenvalue weighted by molar-refractivity contribution is 5.96. The molecule has 0 spiro atoms. The van der Waals surface area contributed by atoms with Crippen LogP contribution in [-0.2, 0) is 11.3 Å². The third-order valence-electron chi connectivity index (χ3n) is 2.92. The number of carboxylic acids is 1. The predicted molar refractivity (Wildman–Crippen MR) is 73.2 cm³/mol. The van der Waals surface area contributed by atoms with Crippen molar-refractivity contribution in [1.82, 2.24) is 5.32 Å². The highest BCUT2D eigenvalue weighted by atomic mass is 16.4. The summed E-state index contributed by atoms with van der Waals surface area (Å²) in [6.45, 7) is 3.71. The third kappa shape index (κ3) is 4.00. The van der Waals surface area contributed by atoms with E-state index in [4.69, 9.17) is 10.6 Å². The highest BCUT2D eigenvalue weighted by Crippen LogP contribution is 2.13. The van der Waals surface area contributed by atoms with Gasteiger partial charge in [-0.2, -0.15) is 0 Å². The summed E-state index contributed by atoms with van der Waals surface area (Å²) in [4.78, 5) is 25.5. The average molecular weight is 276 g/mol. The Kier molecular flexibility index (Phi) is 5.56. The minimum Gasteiger partial charge on any atom is -0.480 e. The molecular weight excluding hydrogens is 260 g/mol. The maximum absolute atomic E-state index is 11.9. The number of carboxylic acid groups (broad SMARTS) is 1. The average Bonchev–Trinajstić information content (AvgIpc) is 2.42. The number of azide groups is 1. The number of carbonyl (C=O) groups is 2. The maximum Gasteiger partial charge on any atom is 0.326 e. The fourth-order valence-corrected chi connectivity index (χ4v) is 1.70. The second-order valence-electron chi connectivity index (χ2n) is 4.30. The van der Waals surface area contributed by atoms with Gasteiger partial charge >= 0.3 is 5.97 Å². The molecule has 0 aliphatic carbocycles. The van der Waals surface area contributed by atoms with Crippen LogP contribution in [0.4, 0.5) is 0 Å². The summed E-state index contributed by atoms with van der Waals surface area (Å²) >= 11 is 0. The summed E-state index contributed by atoms with van der Waals surface area (Å²) in [6, 6.07) is 4.03. The quantitative estimate of drug-likeness (QED) is 0.472. The van der Waals surface area contributed by atoms with E-state index in [-0.39, 0.29) is 6.54 Å². The molecule has 0 aliphatic heterocycles. The molecule has 0 aromatic heterocycles. The molecule has 0 radical (unpaired) electrons. The van der Waals surface area contributed by atoms with Crippen molar-refractivity contribution in [2.75, 3.05) is 0 Å². The van der Waals surface area contributed by atoms with Crippen molar-refractivity contribution in [3.8, 4) is 0 Å². The molecule has 0 heterocycles. The SMILES string of the molecule is CC[C@H](NC(=O)c1ccc(CN=[N+]=[N-])c(C)c1)C(=O)O. The van der Waals surface area contributed by atoms with E-state index >= 15 is 0 Å². The molecule has 7 nitrogen and oxygen atoms in total. The van der Waals surface area contributed by atoms with Gasteiger partial charge in [0.15, 0.2) is 0 Å². The topological polar surface area (TPSA) is 115 Å². The summed E-state index contributed by atoms with van der Waals surface area (Å²) in [7, 11) is 0. The fraction of sp³-hybridized carbons (Fsp3) is 0.385. The number of nitrogens with zero attached hydrogens (tertiary/aromatic N) is 3. The van der Waals surface area contributed by atoms with E-state index in [0.717, 1.165) is 11.1 Å². The van der Waals surface area contributed by atoms with Crippen molar-refractivity contribution in [2.24, 2.45) is 5.11 Å². The van der Waals surface area contributed by atoms with Crippen LogP contribution in [0.3, 0.4) is 0 Å². The van der Waals surface area contributed by atoms with Crippen LogP contribution in [0.5, 0.6) is 0 Å². The van der Waals surface area contributed by atoms with Gasteiger partial charge in [-0.25, -0.2) is 4.79 Å². The van der Waals surface area contributed by atoms with Crippen molar-refractivity contribution < 1.29 is 14.7 Å². The van der Waals surface area contributed by atoms with Crippen molar-refractivity contribution in [1.29, 1.82) is 0 Å². The Hall–Kier alpha value is -2.53. The lowest BCUT2D eigenvalue weighted by Gasteiger charge is -2.13. The molecular formula is C13H16N4O3. The van der Waals surface area contributed by atoms with Crippen LogP contribution < -0.4 is 5.32 Å². The Labute approximate surface area is 116 Å². The minimum atomic E-state index is -1.06. The first-order valence-corrected chi connectivity index (χ1v) is 6.13. The largest absolute Gasteiger partial charge is 0.480 e. The Balaban J connectivity index is 2.86. The molecule has 1 aromatic rings. The summed E-state index contributed by atoms with van der Waals surface area (Å²) in [5, 5.41) is 14.8. The third-order valence-corrected chi connectivity index (χ3v) is 2.92. The molecule has 0 bridgehead atoms. The predicted octanol–water partition coefficient (Wildman–Crippen LogP) is 2.40. The molecule has 0 saturated carbocycles. The molecule has 7 heteroatoms. The van der Waals surface area contributed by atoms with Crippen molar-refractivity contribution in [3.63, 3.8) is 0 Å². The summed E-state index contributed by atoms with van der Waals surface area (Å²) in [5.74, 6) is -1.49. The van der Waals surface area contributed by atoms with Gasteiger partial charge in [0.1, 0.15) is 6.04 Å². The van der Waals surface area contributed by atoms with Crippen LogP contribution in [0.1, 0.15) is 34.8 Å². The molecule has 2 N–H and O–H groups in total. The fourth-order valence-electron chi connectivity index (χ4n) is 1.70. The Morgan fingerprint density at radius 2 is 2.20 bits per heavy atom. The number of aryl methyl sites for hydroxylation is 1. The zero-order valence-electron chi connectivity index (χ0n) is 11.3. The van der Waals surface area contributed by atoms with E-state index < -0.39 is 17.9 Å². The van der Waals surface area contributed by atoms with E-state index in [1.54, 1.807) is 32.0 Å². The lowest BCUT2D eigenvalue weighted by molar-refractivity contribution is -0.139. The van der Waals surface area contributed by atoms with Gasteiger partial charge in [0.05, 0.1) is 6.54 Å². The van der Waals surface area contributed by atoms with E-state index in [1.807, 2.05) is 0 Å². The van der Waals surface area contributed by atoms with E-state index in [9.17, 15) is 9.59 Å². The number of benzene rings is 1. The number of rotatable bonds is 6. The van der Waals surface area contributed by atoms with Crippen LogP contribution in [0.2, 0.25) is 0 Å². The number of carbonyl (C=O) groups excluding carboxylic acids is 1. The Morgan fingerprint density at radius 3 is 2.70 bits per heavy atom. The first kappa shape index (κ1) is 15.5. The van der Waals surface area contributed by atoms with Gasteiger partial charge < -0.3 is 10.4 Å². The lowest BCUT2D eigenvalue weighted by atomic mass is 10.0. The zero-order chi connectivity index (χ0) is 15.1. The number of aliphatic carboxylic acids is 1. The van der Waals surface area contributed by atoms with Crippen molar-refractivity contribution in [3.05, 3.63) is 45.3 Å². The van der Waals surface area contributed by atoms with Crippen LogP contribution in [0.25, 0.3) is 10.4 Å². The van der Waals surface area contributed by atoms with Crippen LogP contribution in [0.15, 0.2) is 23.3 Å². The number of hydrogen-bond acceptors (Lipinski definition) is 3. The molecule has 1 rings (SSSR count). The number of hydrogen-bond donors (Lipinski definition) is 2. The number of amides is 1.